The van der Waals surface area contributed by atoms with E-state index in [1.807, 2.05) is 30.3 Å². The summed E-state index contributed by atoms with van der Waals surface area (Å²) >= 11 is 0. The van der Waals surface area contributed by atoms with E-state index in [0.29, 0.717) is 6.54 Å². The third-order valence-corrected chi connectivity index (χ3v) is 3.60. The molecule has 0 aliphatic heterocycles. The van der Waals surface area contributed by atoms with Gasteiger partial charge in [0.2, 0.25) is 12.1 Å². The van der Waals surface area contributed by atoms with Crippen LogP contribution < -0.4 is 21.5 Å². The van der Waals surface area contributed by atoms with Crippen molar-refractivity contribution >= 4 is 0 Å². The predicted molar refractivity (Wildman–Crippen MR) is 75.5 cm³/mol. The molecule has 8 heteroatoms. The number of halogens is 6. The Hall–Kier alpha value is -2.22. The lowest BCUT2D eigenvalue weighted by atomic mass is 10.1. The smallest absolute Gasteiger partial charge is 0.244 e. The number of hydrogen-bond donors (Lipinski definition) is 0. The van der Waals surface area contributed by atoms with Crippen molar-refractivity contribution in [2.24, 2.45) is 0 Å². The first-order valence-corrected chi connectivity index (χ1v) is 7.06. The molecule has 0 fully saturated rings. The molecule has 0 bridgehead atoms. The van der Waals surface area contributed by atoms with Gasteiger partial charge in [0.25, 0.3) is 0 Å². The minimum absolute atomic E-state index is 0. The molecule has 0 aliphatic carbocycles. The van der Waals surface area contributed by atoms with Crippen molar-refractivity contribution in [3.05, 3.63) is 89.3 Å². The Balaban J connectivity index is 0.00000225. The van der Waals surface area contributed by atoms with Gasteiger partial charge in [-0.15, -0.1) is 0 Å². The van der Waals surface area contributed by atoms with Crippen molar-refractivity contribution in [2.45, 2.75) is 13.1 Å². The van der Waals surface area contributed by atoms with Crippen LogP contribution in [0, 0.1) is 29.1 Å². The highest BCUT2D eigenvalue weighted by molar-refractivity contribution is 5.24. The molecule has 1 heterocycles. The van der Waals surface area contributed by atoms with Gasteiger partial charge in [-0.05, 0) is 5.56 Å². The van der Waals surface area contributed by atoms with Gasteiger partial charge in [0.1, 0.15) is 25.5 Å². The topological polar surface area (TPSA) is 8.81 Å². The maximum Gasteiger partial charge on any atom is 0.244 e. The molecule has 0 radical (unpaired) electrons. The number of imidazole rings is 1. The summed E-state index contributed by atoms with van der Waals surface area (Å²) in [6.45, 7) is 0.0541. The van der Waals surface area contributed by atoms with Crippen LogP contribution in [0.15, 0.2) is 49.1 Å². The Kier molecular flexibility index (Phi) is 5.94. The summed E-state index contributed by atoms with van der Waals surface area (Å²) in [6.07, 6.45) is 4.69. The van der Waals surface area contributed by atoms with Gasteiger partial charge in [-0.1, -0.05) is 30.3 Å². The van der Waals surface area contributed by atoms with Gasteiger partial charge in [0.05, 0.1) is 5.56 Å². The summed E-state index contributed by atoms with van der Waals surface area (Å²) in [5.74, 6) is -9.65. The Labute approximate surface area is 150 Å². The highest BCUT2D eigenvalue weighted by Gasteiger charge is 2.26. The summed E-state index contributed by atoms with van der Waals surface area (Å²) in [5, 5.41) is 0. The summed E-state index contributed by atoms with van der Waals surface area (Å²) in [7, 11) is 0. The molecule has 3 rings (SSSR count). The maximum atomic E-state index is 13.7. The summed E-state index contributed by atoms with van der Waals surface area (Å²) in [4.78, 5) is 0. The molecule has 0 saturated heterocycles. The van der Waals surface area contributed by atoms with E-state index in [-0.39, 0.29) is 17.0 Å². The van der Waals surface area contributed by atoms with E-state index in [0.717, 1.165) is 5.56 Å². The van der Waals surface area contributed by atoms with Crippen LogP contribution in [-0.2, 0) is 13.1 Å². The van der Waals surface area contributed by atoms with Crippen LogP contribution in [0.5, 0.6) is 0 Å². The lowest BCUT2D eigenvalue weighted by Crippen LogP contribution is -3.00. The van der Waals surface area contributed by atoms with Gasteiger partial charge in [0, 0.05) is 0 Å². The van der Waals surface area contributed by atoms with Crippen LogP contribution in [0.4, 0.5) is 22.0 Å². The average Bonchev–Trinajstić information content (AvgIpc) is 3.03. The van der Waals surface area contributed by atoms with Crippen LogP contribution in [0.3, 0.4) is 0 Å². The van der Waals surface area contributed by atoms with Crippen molar-refractivity contribution in [1.82, 2.24) is 4.57 Å². The molecule has 2 aromatic carbocycles. The molecule has 132 valence electrons. The van der Waals surface area contributed by atoms with E-state index in [4.69, 9.17) is 0 Å². The minimum Gasteiger partial charge on any atom is -1.00 e. The van der Waals surface area contributed by atoms with Crippen LogP contribution in [-0.4, -0.2) is 4.57 Å². The number of hydrogen-bond acceptors (Lipinski definition) is 0. The van der Waals surface area contributed by atoms with E-state index in [2.05, 4.69) is 0 Å². The zero-order valence-corrected chi connectivity index (χ0v) is 14.3. The van der Waals surface area contributed by atoms with Gasteiger partial charge in [-0.3, -0.25) is 0 Å². The zero-order valence-electron chi connectivity index (χ0n) is 12.7. The zero-order chi connectivity index (χ0) is 17.3. The molecule has 0 atom stereocenters. The van der Waals surface area contributed by atoms with Gasteiger partial charge < -0.3 is 17.0 Å². The first-order valence-electron chi connectivity index (χ1n) is 7.06. The Morgan fingerprint density at radius 2 is 1.36 bits per heavy atom. The molecule has 0 spiro atoms. The standard InChI is InChI=1S/C17H12F5N2.BrH/c18-13-12(14(19)16(21)17(22)15(13)20)9-24-7-6-23(10-24)8-11-4-2-1-3-5-11;/h1-7,10H,8-9H2;1H/q+1;/p-1. The second kappa shape index (κ2) is 7.77. The summed E-state index contributed by atoms with van der Waals surface area (Å²) < 4.78 is 70.0. The van der Waals surface area contributed by atoms with Crippen molar-refractivity contribution < 1.29 is 43.5 Å². The van der Waals surface area contributed by atoms with Gasteiger partial charge in [0.15, 0.2) is 23.3 Å². The fourth-order valence-electron chi connectivity index (χ4n) is 2.39. The van der Waals surface area contributed by atoms with Crippen molar-refractivity contribution in [3.8, 4) is 0 Å². The molecule has 0 unspecified atom stereocenters. The van der Waals surface area contributed by atoms with E-state index < -0.39 is 41.2 Å². The van der Waals surface area contributed by atoms with Gasteiger partial charge in [-0.2, -0.15) is 0 Å². The Bertz CT molecular complexity index is 851. The van der Waals surface area contributed by atoms with E-state index >= 15 is 0 Å². The highest BCUT2D eigenvalue weighted by Crippen LogP contribution is 2.23. The lowest BCUT2D eigenvalue weighted by molar-refractivity contribution is -0.687. The first kappa shape index (κ1) is 19.1. The Morgan fingerprint density at radius 3 is 1.96 bits per heavy atom. The largest absolute Gasteiger partial charge is 1.00 e. The number of aromatic nitrogens is 2. The fourth-order valence-corrected chi connectivity index (χ4v) is 2.39. The quantitative estimate of drug-likeness (QED) is 0.253. The van der Waals surface area contributed by atoms with Crippen LogP contribution in [0.25, 0.3) is 0 Å². The van der Waals surface area contributed by atoms with E-state index in [1.165, 1.54) is 17.1 Å². The first-order chi connectivity index (χ1) is 11.5. The van der Waals surface area contributed by atoms with Crippen LogP contribution in [0.1, 0.15) is 11.1 Å². The van der Waals surface area contributed by atoms with Crippen LogP contribution >= 0.6 is 0 Å². The molecular formula is C17H12BrF5N2. The molecule has 2 nitrogen and oxygen atoms in total. The Morgan fingerprint density at radius 1 is 0.800 bits per heavy atom. The second-order valence-electron chi connectivity index (χ2n) is 5.29. The molecule has 0 N–H and O–H groups in total. The third-order valence-electron chi connectivity index (χ3n) is 3.60. The molecule has 25 heavy (non-hydrogen) atoms. The van der Waals surface area contributed by atoms with E-state index in [9.17, 15) is 22.0 Å². The number of nitrogens with zero attached hydrogens (tertiary/aromatic N) is 2. The molecule has 0 aliphatic rings. The monoisotopic (exact) mass is 418 g/mol. The van der Waals surface area contributed by atoms with Crippen LogP contribution in [0.2, 0.25) is 0 Å². The minimum atomic E-state index is -2.15. The van der Waals surface area contributed by atoms with Crippen molar-refractivity contribution in [2.75, 3.05) is 0 Å². The molecule has 0 saturated carbocycles. The lowest BCUT2D eigenvalue weighted by Gasteiger charge is -2.06. The summed E-state index contributed by atoms with van der Waals surface area (Å²) in [6, 6.07) is 9.45. The van der Waals surface area contributed by atoms with Gasteiger partial charge >= 0.3 is 0 Å². The van der Waals surface area contributed by atoms with Crippen molar-refractivity contribution in [3.63, 3.8) is 0 Å². The van der Waals surface area contributed by atoms with Crippen molar-refractivity contribution in [1.29, 1.82) is 0 Å². The molecule has 1 aromatic heterocycles. The fraction of sp³-hybridized carbons (Fsp3) is 0.118. The number of rotatable bonds is 4. The number of benzene rings is 2. The highest BCUT2D eigenvalue weighted by atomic mass is 79.9. The molecular weight excluding hydrogens is 407 g/mol. The summed E-state index contributed by atoms with van der Waals surface area (Å²) in [5.41, 5.74) is 0.144. The average molecular weight is 419 g/mol. The second-order valence-corrected chi connectivity index (χ2v) is 5.29. The normalized spacial score (nSPS) is 10.6. The van der Waals surface area contributed by atoms with E-state index in [1.54, 1.807) is 10.8 Å². The molecule has 0 amide bonds. The third kappa shape index (κ3) is 3.89. The SMILES string of the molecule is Fc1c(F)c(F)c(Cn2cc[n+](Cc3ccccc3)c2)c(F)c1F.[Br-]. The maximum absolute atomic E-state index is 13.7. The van der Waals surface area contributed by atoms with Gasteiger partial charge in [-0.25, -0.2) is 31.1 Å². The molecule has 3 aromatic rings. The predicted octanol–water partition coefficient (Wildman–Crippen LogP) is 0.572.